The van der Waals surface area contributed by atoms with Crippen LogP contribution in [0.25, 0.3) is 0 Å². The second kappa shape index (κ2) is 9.34. The lowest BCUT2D eigenvalue weighted by Crippen LogP contribution is -2.45. The Morgan fingerprint density at radius 2 is 1.93 bits per heavy atom. The third-order valence-electron chi connectivity index (χ3n) is 5.16. The maximum atomic E-state index is 12.8. The Labute approximate surface area is 167 Å². The van der Waals surface area contributed by atoms with E-state index in [0.29, 0.717) is 19.5 Å². The van der Waals surface area contributed by atoms with Gasteiger partial charge in [0, 0.05) is 19.6 Å². The van der Waals surface area contributed by atoms with E-state index in [4.69, 9.17) is 0 Å². The molecule has 0 spiro atoms. The van der Waals surface area contributed by atoms with E-state index in [2.05, 4.69) is 30.4 Å². The van der Waals surface area contributed by atoms with Crippen LogP contribution in [-0.2, 0) is 21.2 Å². The number of aryl methyl sites for hydroxylation is 2. The van der Waals surface area contributed by atoms with Gasteiger partial charge >= 0.3 is 0 Å². The average Bonchev–Trinajstić information content (AvgIpc) is 2.72. The second-order valence-electron chi connectivity index (χ2n) is 7.40. The van der Waals surface area contributed by atoms with E-state index in [9.17, 15) is 13.2 Å². The monoisotopic (exact) mass is 400 g/mol. The number of hydrogen-bond donors (Lipinski definition) is 1. The lowest BCUT2D eigenvalue weighted by molar-refractivity contribution is -0.126. The number of amides is 1. The van der Waals surface area contributed by atoms with Crippen molar-refractivity contribution in [3.8, 4) is 0 Å². The molecule has 150 valence electrons. The Kier molecular flexibility index (Phi) is 6.86. The van der Waals surface area contributed by atoms with Crippen LogP contribution in [-0.4, -0.2) is 38.3 Å². The molecule has 1 fully saturated rings. The van der Waals surface area contributed by atoms with Crippen molar-refractivity contribution in [2.45, 2.75) is 37.5 Å². The molecule has 1 atom stereocenters. The zero-order valence-corrected chi connectivity index (χ0v) is 17.1. The highest BCUT2D eigenvalue weighted by Gasteiger charge is 2.33. The molecule has 1 aliphatic heterocycles. The average molecular weight is 401 g/mol. The van der Waals surface area contributed by atoms with Crippen LogP contribution < -0.4 is 5.32 Å². The van der Waals surface area contributed by atoms with Crippen LogP contribution in [0, 0.1) is 12.8 Å². The van der Waals surface area contributed by atoms with E-state index >= 15 is 0 Å². The normalized spacial score (nSPS) is 18.0. The summed E-state index contributed by atoms with van der Waals surface area (Å²) in [5.41, 5.74) is 2.51. The molecule has 1 aliphatic rings. The minimum Gasteiger partial charge on any atom is -0.356 e. The Morgan fingerprint density at radius 1 is 1.14 bits per heavy atom. The summed E-state index contributed by atoms with van der Waals surface area (Å²) in [6, 6.07) is 16.8. The van der Waals surface area contributed by atoms with Crippen LogP contribution >= 0.6 is 0 Å². The van der Waals surface area contributed by atoms with Crippen LogP contribution in [0.15, 0.2) is 59.5 Å². The Morgan fingerprint density at radius 3 is 2.68 bits per heavy atom. The summed E-state index contributed by atoms with van der Waals surface area (Å²) in [7, 11) is -3.54. The summed E-state index contributed by atoms with van der Waals surface area (Å²) in [6.45, 7) is 3.40. The van der Waals surface area contributed by atoms with Gasteiger partial charge in [0.2, 0.25) is 15.9 Å². The Balaban J connectivity index is 1.50. The van der Waals surface area contributed by atoms with E-state index < -0.39 is 10.0 Å². The van der Waals surface area contributed by atoms with Crippen LogP contribution in [0.4, 0.5) is 0 Å². The van der Waals surface area contributed by atoms with E-state index in [1.54, 1.807) is 30.3 Å². The number of carbonyl (C=O) groups excluding carboxylic acids is 1. The van der Waals surface area contributed by atoms with Crippen molar-refractivity contribution in [3.05, 3.63) is 65.7 Å². The maximum Gasteiger partial charge on any atom is 0.243 e. The number of hydrogen-bond acceptors (Lipinski definition) is 3. The second-order valence-corrected chi connectivity index (χ2v) is 9.34. The van der Waals surface area contributed by atoms with Crippen molar-refractivity contribution in [2.24, 2.45) is 5.92 Å². The molecule has 1 saturated heterocycles. The van der Waals surface area contributed by atoms with Crippen molar-refractivity contribution < 1.29 is 13.2 Å². The van der Waals surface area contributed by atoms with Crippen LogP contribution in [0.3, 0.4) is 0 Å². The molecule has 2 aromatic rings. The predicted molar refractivity (Wildman–Crippen MR) is 110 cm³/mol. The number of nitrogens with zero attached hydrogens (tertiary/aromatic N) is 1. The number of piperidine rings is 1. The minimum atomic E-state index is -3.54. The Bertz CT molecular complexity index is 897. The number of benzene rings is 2. The molecular formula is C22H28N2O3S. The number of nitrogens with one attached hydrogen (secondary N) is 1. The van der Waals surface area contributed by atoms with E-state index in [1.807, 2.05) is 6.07 Å². The molecule has 0 saturated carbocycles. The lowest BCUT2D eigenvalue weighted by atomic mass is 9.98. The first kappa shape index (κ1) is 20.6. The van der Waals surface area contributed by atoms with Crippen molar-refractivity contribution in [2.75, 3.05) is 19.6 Å². The van der Waals surface area contributed by atoms with Crippen molar-refractivity contribution >= 4 is 15.9 Å². The van der Waals surface area contributed by atoms with E-state index in [1.165, 1.54) is 15.4 Å². The third kappa shape index (κ3) is 5.20. The van der Waals surface area contributed by atoms with Gasteiger partial charge in [-0.2, -0.15) is 4.31 Å². The molecule has 0 aliphatic carbocycles. The molecule has 3 rings (SSSR count). The first-order valence-corrected chi connectivity index (χ1v) is 11.3. The highest BCUT2D eigenvalue weighted by Crippen LogP contribution is 2.23. The van der Waals surface area contributed by atoms with Gasteiger partial charge in [0.1, 0.15) is 0 Å². The zero-order chi connectivity index (χ0) is 20.0. The summed E-state index contributed by atoms with van der Waals surface area (Å²) in [4.78, 5) is 12.8. The molecule has 1 amide bonds. The van der Waals surface area contributed by atoms with Gasteiger partial charge in [0.05, 0.1) is 10.8 Å². The summed E-state index contributed by atoms with van der Waals surface area (Å²) in [6.07, 6.45) is 3.22. The van der Waals surface area contributed by atoms with Crippen molar-refractivity contribution in [3.63, 3.8) is 0 Å². The van der Waals surface area contributed by atoms with Crippen LogP contribution in [0.2, 0.25) is 0 Å². The van der Waals surface area contributed by atoms with Gasteiger partial charge in [-0.15, -0.1) is 0 Å². The van der Waals surface area contributed by atoms with E-state index in [0.717, 1.165) is 19.3 Å². The summed E-state index contributed by atoms with van der Waals surface area (Å²) >= 11 is 0. The fraction of sp³-hybridized carbons (Fsp3) is 0.409. The first-order valence-electron chi connectivity index (χ1n) is 9.85. The van der Waals surface area contributed by atoms with Gasteiger partial charge in [0.15, 0.2) is 0 Å². The molecule has 0 aromatic heterocycles. The number of carbonyl (C=O) groups is 1. The highest BCUT2D eigenvalue weighted by atomic mass is 32.2. The molecular weight excluding hydrogens is 372 g/mol. The predicted octanol–water partition coefficient (Wildman–Crippen LogP) is 3.14. The molecule has 0 radical (unpaired) electrons. The summed E-state index contributed by atoms with van der Waals surface area (Å²) in [5.74, 6) is -0.330. The molecule has 0 bridgehead atoms. The number of rotatable bonds is 7. The first-order chi connectivity index (χ1) is 13.5. The van der Waals surface area contributed by atoms with Gasteiger partial charge in [-0.25, -0.2) is 8.42 Å². The van der Waals surface area contributed by atoms with Gasteiger partial charge in [-0.05, 0) is 50.3 Å². The van der Waals surface area contributed by atoms with Gasteiger partial charge in [-0.1, -0.05) is 48.0 Å². The quantitative estimate of drug-likeness (QED) is 0.726. The molecule has 0 unspecified atom stereocenters. The fourth-order valence-corrected chi connectivity index (χ4v) is 5.18. The highest BCUT2D eigenvalue weighted by molar-refractivity contribution is 7.89. The number of sulfonamides is 1. The third-order valence-corrected chi connectivity index (χ3v) is 7.04. The molecule has 1 heterocycles. The fourth-order valence-electron chi connectivity index (χ4n) is 3.63. The molecule has 28 heavy (non-hydrogen) atoms. The van der Waals surface area contributed by atoms with Gasteiger partial charge < -0.3 is 5.32 Å². The standard InChI is InChI=1S/C22H28N2O3S/c1-18-8-5-9-19(16-18)10-6-14-23-22(25)20-11-7-15-24(17-20)28(26,27)21-12-3-2-4-13-21/h2-5,8-9,12-13,16,20H,6-7,10-11,14-15,17H2,1H3,(H,23,25)/t20-/m0/s1. The van der Waals surface area contributed by atoms with Gasteiger partial charge in [0.25, 0.3) is 0 Å². The van der Waals surface area contributed by atoms with Crippen molar-refractivity contribution in [1.82, 2.24) is 9.62 Å². The van der Waals surface area contributed by atoms with Gasteiger partial charge in [-0.3, -0.25) is 4.79 Å². The van der Waals surface area contributed by atoms with Crippen LogP contribution in [0.5, 0.6) is 0 Å². The lowest BCUT2D eigenvalue weighted by Gasteiger charge is -2.31. The molecule has 6 heteroatoms. The summed E-state index contributed by atoms with van der Waals surface area (Å²) < 4.78 is 27.0. The Hall–Kier alpha value is -2.18. The molecule has 5 nitrogen and oxygen atoms in total. The zero-order valence-electron chi connectivity index (χ0n) is 16.3. The van der Waals surface area contributed by atoms with E-state index in [-0.39, 0.29) is 23.3 Å². The summed E-state index contributed by atoms with van der Waals surface area (Å²) in [5, 5.41) is 2.99. The molecule has 2 aromatic carbocycles. The van der Waals surface area contributed by atoms with Crippen molar-refractivity contribution in [1.29, 1.82) is 0 Å². The van der Waals surface area contributed by atoms with Crippen LogP contribution in [0.1, 0.15) is 30.4 Å². The minimum absolute atomic E-state index is 0.0443. The largest absolute Gasteiger partial charge is 0.356 e. The SMILES string of the molecule is Cc1cccc(CCCNC(=O)[C@H]2CCCN(S(=O)(=O)c3ccccc3)C2)c1. The smallest absolute Gasteiger partial charge is 0.243 e. The maximum absolute atomic E-state index is 12.8. The topological polar surface area (TPSA) is 66.5 Å². The molecule has 1 N–H and O–H groups in total.